The molecule has 0 aliphatic heterocycles. The van der Waals surface area contributed by atoms with Crippen molar-refractivity contribution in [2.24, 2.45) is 0 Å². The smallest absolute Gasteiger partial charge is 0.352 e. The topological polar surface area (TPSA) is 51.1 Å². The van der Waals surface area contributed by atoms with Crippen molar-refractivity contribution < 1.29 is 18.0 Å². The number of hydrogen-bond acceptors (Lipinski definition) is 2. The van der Waals surface area contributed by atoms with Crippen molar-refractivity contribution in [2.45, 2.75) is 52.9 Å². The van der Waals surface area contributed by atoms with Gasteiger partial charge in [0.25, 0.3) is 5.56 Å². The van der Waals surface area contributed by atoms with Crippen LogP contribution in [-0.4, -0.2) is 10.5 Å². The first kappa shape index (κ1) is 24.3. The summed E-state index contributed by atoms with van der Waals surface area (Å²) >= 11 is 0. The molecule has 7 heteroatoms. The van der Waals surface area contributed by atoms with Crippen LogP contribution in [0.2, 0.25) is 0 Å². The van der Waals surface area contributed by atoms with Gasteiger partial charge in [0.15, 0.2) is 0 Å². The van der Waals surface area contributed by atoms with E-state index in [4.69, 9.17) is 0 Å². The molecule has 0 saturated heterocycles. The number of nitrogens with one attached hydrogen (secondary N) is 1. The van der Waals surface area contributed by atoms with E-state index in [1.165, 1.54) is 4.57 Å². The van der Waals surface area contributed by atoms with Crippen LogP contribution in [0.3, 0.4) is 0 Å². The number of carbonyl (C=O) groups excluding carboxylic acids is 1. The number of aryl methyl sites for hydroxylation is 2. The van der Waals surface area contributed by atoms with Gasteiger partial charge in [-0.2, -0.15) is 13.2 Å². The molecule has 0 unspecified atom stereocenters. The second-order valence-corrected chi connectivity index (χ2v) is 8.13. The molecule has 0 aliphatic carbocycles. The number of benzene rings is 2. The van der Waals surface area contributed by atoms with E-state index in [1.807, 2.05) is 32.0 Å². The molecule has 4 nitrogen and oxygen atoms in total. The van der Waals surface area contributed by atoms with Crippen LogP contribution in [0.25, 0.3) is 11.3 Å². The number of rotatable bonds is 7. The average Bonchev–Trinajstić information content (AvgIpc) is 2.75. The quantitative estimate of drug-likeness (QED) is 0.502. The lowest BCUT2D eigenvalue weighted by Gasteiger charge is -2.21. The Morgan fingerprint density at radius 2 is 1.73 bits per heavy atom. The first-order chi connectivity index (χ1) is 15.6. The second kappa shape index (κ2) is 10.1. The van der Waals surface area contributed by atoms with Crippen LogP contribution in [0, 0.1) is 13.8 Å². The van der Waals surface area contributed by atoms with Gasteiger partial charge in [-0.15, -0.1) is 0 Å². The highest BCUT2D eigenvalue weighted by molar-refractivity contribution is 5.75. The molecular formula is C26H27F3N2O2. The van der Waals surface area contributed by atoms with Gasteiger partial charge in [0.1, 0.15) is 0 Å². The number of hydrogen-bond donors (Lipinski definition) is 1. The molecule has 1 aromatic heterocycles. The Labute approximate surface area is 191 Å². The number of nitrogens with zero attached hydrogens (tertiary/aromatic N) is 1. The minimum absolute atomic E-state index is 0.114. The highest BCUT2D eigenvalue weighted by atomic mass is 19.4. The lowest BCUT2D eigenvalue weighted by Crippen LogP contribution is -2.34. The molecule has 3 rings (SSSR count). The summed E-state index contributed by atoms with van der Waals surface area (Å²) in [5.41, 5.74) is 1.26. The minimum Gasteiger partial charge on any atom is -0.352 e. The lowest BCUT2D eigenvalue weighted by atomic mass is 10.0. The summed E-state index contributed by atoms with van der Waals surface area (Å²) in [5.74, 6) is -0.391. The molecule has 174 valence electrons. The van der Waals surface area contributed by atoms with Gasteiger partial charge in [0.2, 0.25) is 5.91 Å². The first-order valence-corrected chi connectivity index (χ1v) is 10.8. The van der Waals surface area contributed by atoms with Crippen molar-refractivity contribution in [3.05, 3.63) is 92.8 Å². The highest BCUT2D eigenvalue weighted by Gasteiger charge is 2.36. The van der Waals surface area contributed by atoms with E-state index >= 15 is 0 Å². The molecule has 1 heterocycles. The summed E-state index contributed by atoms with van der Waals surface area (Å²) in [7, 11) is 0. The molecule has 1 N–H and O–H groups in total. The maximum absolute atomic E-state index is 14.0. The van der Waals surface area contributed by atoms with Crippen molar-refractivity contribution in [3.8, 4) is 11.3 Å². The summed E-state index contributed by atoms with van der Waals surface area (Å²) in [4.78, 5) is 25.4. The SMILES string of the molecule is CCCC(=O)NCc1c(C(F)(F)F)cc(-c2ccccc2)n(Cc2ccc(C)cc2C)c1=O. The van der Waals surface area contributed by atoms with Crippen LogP contribution in [0.4, 0.5) is 13.2 Å². The molecule has 1 amide bonds. The summed E-state index contributed by atoms with van der Waals surface area (Å²) in [6.07, 6.45) is -4.01. The van der Waals surface area contributed by atoms with E-state index < -0.39 is 35.3 Å². The number of alkyl halides is 3. The summed E-state index contributed by atoms with van der Waals surface area (Å²) < 4.78 is 43.4. The monoisotopic (exact) mass is 456 g/mol. The Morgan fingerprint density at radius 3 is 2.33 bits per heavy atom. The Balaban J connectivity index is 2.22. The van der Waals surface area contributed by atoms with Crippen molar-refractivity contribution in [2.75, 3.05) is 0 Å². The highest BCUT2D eigenvalue weighted by Crippen LogP contribution is 2.34. The average molecular weight is 457 g/mol. The zero-order valence-electron chi connectivity index (χ0n) is 18.9. The third-order valence-electron chi connectivity index (χ3n) is 5.54. The standard InChI is InChI=1S/C26H27F3N2O2/c1-4-8-24(32)30-15-21-22(26(27,28)29)14-23(19-9-6-5-7-10-19)31(25(21)33)16-20-12-11-17(2)13-18(20)3/h5-7,9-14H,4,8,15-16H2,1-3H3,(H,30,32). The fourth-order valence-corrected chi connectivity index (χ4v) is 3.81. The van der Waals surface area contributed by atoms with Crippen LogP contribution in [0.15, 0.2) is 59.4 Å². The zero-order valence-corrected chi connectivity index (χ0v) is 18.9. The molecule has 2 aromatic carbocycles. The summed E-state index contributed by atoms with van der Waals surface area (Å²) in [5, 5.41) is 2.47. The van der Waals surface area contributed by atoms with Crippen molar-refractivity contribution in [1.82, 2.24) is 9.88 Å². The predicted octanol–water partition coefficient (Wildman–Crippen LogP) is 5.62. The van der Waals surface area contributed by atoms with Crippen LogP contribution in [0.5, 0.6) is 0 Å². The summed E-state index contributed by atoms with van der Waals surface area (Å²) in [6, 6.07) is 15.3. The minimum atomic E-state index is -4.74. The van der Waals surface area contributed by atoms with Gasteiger partial charge in [-0.25, -0.2) is 0 Å². The van der Waals surface area contributed by atoms with Crippen LogP contribution < -0.4 is 10.9 Å². The molecule has 33 heavy (non-hydrogen) atoms. The molecular weight excluding hydrogens is 429 g/mol. The number of amides is 1. The molecule has 3 aromatic rings. The molecule has 0 spiro atoms. The van der Waals surface area contributed by atoms with E-state index in [0.29, 0.717) is 12.0 Å². The normalized spacial score (nSPS) is 11.5. The number of carbonyl (C=O) groups is 1. The third kappa shape index (κ3) is 5.72. The third-order valence-corrected chi connectivity index (χ3v) is 5.54. The number of pyridine rings is 1. The van der Waals surface area contributed by atoms with Gasteiger partial charge < -0.3 is 9.88 Å². The van der Waals surface area contributed by atoms with Gasteiger partial charge in [-0.05, 0) is 43.0 Å². The fourth-order valence-electron chi connectivity index (χ4n) is 3.81. The number of halogens is 3. The summed E-state index contributed by atoms with van der Waals surface area (Å²) in [6.45, 7) is 5.29. The Morgan fingerprint density at radius 1 is 1.03 bits per heavy atom. The Bertz CT molecular complexity index is 1200. The lowest BCUT2D eigenvalue weighted by molar-refractivity contribution is -0.138. The second-order valence-electron chi connectivity index (χ2n) is 8.13. The Kier molecular flexibility index (Phi) is 7.41. The molecule has 0 radical (unpaired) electrons. The van der Waals surface area contributed by atoms with Crippen LogP contribution in [0.1, 0.15) is 47.6 Å². The largest absolute Gasteiger partial charge is 0.417 e. The van der Waals surface area contributed by atoms with Crippen molar-refractivity contribution in [3.63, 3.8) is 0 Å². The van der Waals surface area contributed by atoms with Gasteiger partial charge in [-0.1, -0.05) is 61.0 Å². The molecule has 0 aliphatic rings. The van der Waals surface area contributed by atoms with Crippen molar-refractivity contribution >= 4 is 5.91 Å². The van der Waals surface area contributed by atoms with Crippen LogP contribution in [-0.2, 0) is 24.1 Å². The van der Waals surface area contributed by atoms with Crippen LogP contribution >= 0.6 is 0 Å². The number of aromatic nitrogens is 1. The molecule has 0 bridgehead atoms. The predicted molar refractivity (Wildman–Crippen MR) is 123 cm³/mol. The van der Waals surface area contributed by atoms with E-state index in [2.05, 4.69) is 5.32 Å². The van der Waals surface area contributed by atoms with E-state index in [0.717, 1.165) is 22.8 Å². The molecule has 0 fully saturated rings. The van der Waals surface area contributed by atoms with E-state index in [1.54, 1.807) is 37.3 Å². The Hall–Kier alpha value is -3.35. The van der Waals surface area contributed by atoms with Gasteiger partial charge in [0.05, 0.1) is 17.8 Å². The fraction of sp³-hybridized carbons (Fsp3) is 0.308. The zero-order chi connectivity index (χ0) is 24.2. The van der Waals surface area contributed by atoms with Gasteiger partial charge in [-0.3, -0.25) is 9.59 Å². The maximum atomic E-state index is 14.0. The van der Waals surface area contributed by atoms with Crippen molar-refractivity contribution in [1.29, 1.82) is 0 Å². The van der Waals surface area contributed by atoms with Gasteiger partial charge >= 0.3 is 6.18 Å². The van der Waals surface area contributed by atoms with E-state index in [9.17, 15) is 22.8 Å². The molecule has 0 atom stereocenters. The molecule has 0 saturated carbocycles. The van der Waals surface area contributed by atoms with Gasteiger partial charge in [0, 0.05) is 18.5 Å². The first-order valence-electron chi connectivity index (χ1n) is 10.8. The maximum Gasteiger partial charge on any atom is 0.417 e. The van der Waals surface area contributed by atoms with E-state index in [-0.39, 0.29) is 18.7 Å².